The largest absolute Gasteiger partial charge is 0.455 e. The highest BCUT2D eigenvalue weighted by Crippen LogP contribution is 2.30. The van der Waals surface area contributed by atoms with Gasteiger partial charge in [-0.1, -0.05) is 55.4 Å². The van der Waals surface area contributed by atoms with Gasteiger partial charge in [0, 0.05) is 23.6 Å². The Morgan fingerprint density at radius 3 is 2.67 bits per heavy atom. The van der Waals surface area contributed by atoms with E-state index in [9.17, 15) is 14.7 Å². The molecule has 2 aromatic carbocycles. The topological polar surface area (TPSA) is 110 Å². The van der Waals surface area contributed by atoms with Gasteiger partial charge in [-0.3, -0.25) is 9.59 Å². The molecule has 186 valence electrons. The monoisotopic (exact) mass is 487 g/mol. The summed E-state index contributed by atoms with van der Waals surface area (Å²) in [6.07, 6.45) is 1.30. The van der Waals surface area contributed by atoms with Crippen molar-refractivity contribution in [1.82, 2.24) is 15.0 Å². The average Bonchev–Trinajstić information content (AvgIpc) is 3.34. The molecule has 5 rings (SSSR count). The van der Waals surface area contributed by atoms with Gasteiger partial charge >= 0.3 is 0 Å². The van der Waals surface area contributed by atoms with E-state index in [2.05, 4.69) is 10.1 Å². The normalized spacial score (nSPS) is 18.2. The quantitative estimate of drug-likeness (QED) is 0.442. The van der Waals surface area contributed by atoms with E-state index in [1.165, 1.54) is 0 Å². The fourth-order valence-electron chi connectivity index (χ4n) is 4.80. The number of para-hydroxylation sites is 1. The fourth-order valence-corrected chi connectivity index (χ4v) is 4.80. The molecule has 2 aromatic heterocycles. The Hall–Kier alpha value is -3.78. The van der Waals surface area contributed by atoms with E-state index in [0.29, 0.717) is 53.4 Å². The second-order valence-electron chi connectivity index (χ2n) is 9.87. The SMILES string of the molecule is Cc1c(-c2ccccc2)oc2c(C(=O)N3CCCC(O)(Cc4nc(C(C)C)no4)C3)cccc2c1=O. The van der Waals surface area contributed by atoms with Crippen molar-refractivity contribution in [3.8, 4) is 11.3 Å². The lowest BCUT2D eigenvalue weighted by molar-refractivity contribution is -0.0286. The van der Waals surface area contributed by atoms with Crippen molar-refractivity contribution >= 4 is 16.9 Å². The molecule has 1 amide bonds. The van der Waals surface area contributed by atoms with Gasteiger partial charge in [-0.25, -0.2) is 0 Å². The van der Waals surface area contributed by atoms with Crippen LogP contribution in [0.4, 0.5) is 0 Å². The van der Waals surface area contributed by atoms with Gasteiger partial charge in [0.2, 0.25) is 5.89 Å². The maximum atomic E-state index is 13.7. The van der Waals surface area contributed by atoms with Crippen LogP contribution in [0.25, 0.3) is 22.3 Å². The summed E-state index contributed by atoms with van der Waals surface area (Å²) in [4.78, 5) is 32.9. The van der Waals surface area contributed by atoms with Gasteiger partial charge in [-0.2, -0.15) is 4.98 Å². The minimum atomic E-state index is -1.19. The first-order chi connectivity index (χ1) is 17.3. The number of hydrogen-bond acceptors (Lipinski definition) is 7. The number of rotatable bonds is 5. The molecule has 4 aromatic rings. The Bertz CT molecular complexity index is 1470. The third-order valence-corrected chi connectivity index (χ3v) is 6.73. The number of benzene rings is 2. The van der Waals surface area contributed by atoms with Crippen LogP contribution in [0.5, 0.6) is 0 Å². The molecule has 1 unspecified atom stereocenters. The number of nitrogens with zero attached hydrogens (tertiary/aromatic N) is 3. The van der Waals surface area contributed by atoms with Crippen molar-refractivity contribution in [1.29, 1.82) is 0 Å². The Labute approximate surface area is 208 Å². The molecule has 8 heteroatoms. The molecule has 0 radical (unpaired) electrons. The van der Waals surface area contributed by atoms with E-state index < -0.39 is 5.60 Å². The predicted octanol–water partition coefficient (Wildman–Crippen LogP) is 4.48. The molecular weight excluding hydrogens is 458 g/mol. The Morgan fingerprint density at radius 2 is 1.94 bits per heavy atom. The van der Waals surface area contributed by atoms with Crippen LogP contribution < -0.4 is 5.43 Å². The summed E-state index contributed by atoms with van der Waals surface area (Å²) in [5.41, 5.74) is 0.453. The van der Waals surface area contributed by atoms with Crippen molar-refractivity contribution in [2.45, 2.75) is 51.6 Å². The standard InChI is InChI=1S/C28H29N3O5/c1-17(2)26-29-22(36-30-26)15-28(34)13-8-14-31(16-28)27(33)21-12-7-11-20-23(32)18(3)24(35-25(20)21)19-9-5-4-6-10-19/h4-7,9-12,17,34H,8,13-16H2,1-3H3. The van der Waals surface area contributed by atoms with Crippen LogP contribution in [0.15, 0.2) is 62.3 Å². The summed E-state index contributed by atoms with van der Waals surface area (Å²) >= 11 is 0. The zero-order chi connectivity index (χ0) is 25.4. The number of fused-ring (bicyclic) bond motifs is 1. The van der Waals surface area contributed by atoms with Gasteiger partial charge in [-0.05, 0) is 31.9 Å². The van der Waals surface area contributed by atoms with E-state index in [1.807, 2.05) is 44.2 Å². The second kappa shape index (κ2) is 9.35. The van der Waals surface area contributed by atoms with Gasteiger partial charge in [0.15, 0.2) is 16.8 Å². The first-order valence-corrected chi connectivity index (χ1v) is 12.2. The third-order valence-electron chi connectivity index (χ3n) is 6.73. The second-order valence-corrected chi connectivity index (χ2v) is 9.87. The number of β-amino-alcohol motifs (C(OH)–C–C–N with tert-alkyl or cyclic N) is 1. The number of carbonyl (C=O) groups is 1. The molecule has 1 saturated heterocycles. The van der Waals surface area contributed by atoms with E-state index in [4.69, 9.17) is 8.94 Å². The molecule has 0 spiro atoms. The first-order valence-electron chi connectivity index (χ1n) is 12.2. The van der Waals surface area contributed by atoms with Crippen LogP contribution in [0.3, 0.4) is 0 Å². The lowest BCUT2D eigenvalue weighted by Gasteiger charge is -2.38. The predicted molar refractivity (Wildman–Crippen MR) is 135 cm³/mol. The number of amides is 1. The molecule has 8 nitrogen and oxygen atoms in total. The first kappa shape index (κ1) is 23.9. The summed E-state index contributed by atoms with van der Waals surface area (Å²) in [7, 11) is 0. The summed E-state index contributed by atoms with van der Waals surface area (Å²) in [5, 5.41) is 15.7. The smallest absolute Gasteiger partial charge is 0.257 e. The zero-order valence-electron chi connectivity index (χ0n) is 20.7. The number of hydrogen-bond donors (Lipinski definition) is 1. The highest BCUT2D eigenvalue weighted by molar-refractivity contribution is 6.05. The van der Waals surface area contributed by atoms with Crippen LogP contribution in [0, 0.1) is 6.92 Å². The van der Waals surface area contributed by atoms with Gasteiger partial charge < -0.3 is 18.9 Å². The van der Waals surface area contributed by atoms with Crippen molar-refractivity contribution in [3.63, 3.8) is 0 Å². The molecule has 1 aliphatic rings. The van der Waals surface area contributed by atoms with E-state index in [0.717, 1.165) is 5.56 Å². The molecule has 36 heavy (non-hydrogen) atoms. The van der Waals surface area contributed by atoms with Crippen LogP contribution in [0.1, 0.15) is 60.2 Å². The molecule has 3 heterocycles. The molecule has 0 saturated carbocycles. The molecule has 1 N–H and O–H groups in total. The summed E-state index contributed by atoms with van der Waals surface area (Å²) in [5.74, 6) is 1.22. The fraction of sp³-hybridized carbons (Fsp3) is 0.357. The van der Waals surface area contributed by atoms with Crippen LogP contribution in [0.2, 0.25) is 0 Å². The van der Waals surface area contributed by atoms with Crippen molar-refractivity contribution in [2.24, 2.45) is 0 Å². The van der Waals surface area contributed by atoms with Gasteiger partial charge in [0.25, 0.3) is 5.91 Å². The van der Waals surface area contributed by atoms with E-state index in [-0.39, 0.29) is 35.8 Å². The van der Waals surface area contributed by atoms with Crippen molar-refractivity contribution in [3.05, 3.63) is 81.6 Å². The molecule has 0 bridgehead atoms. The minimum absolute atomic E-state index is 0.114. The maximum Gasteiger partial charge on any atom is 0.257 e. The van der Waals surface area contributed by atoms with E-state index >= 15 is 0 Å². The Balaban J connectivity index is 1.48. The number of piperidine rings is 1. The highest BCUT2D eigenvalue weighted by Gasteiger charge is 2.38. The molecule has 1 aliphatic heterocycles. The molecule has 0 aliphatic carbocycles. The van der Waals surface area contributed by atoms with Crippen LogP contribution in [-0.4, -0.2) is 44.7 Å². The third kappa shape index (κ3) is 4.44. The van der Waals surface area contributed by atoms with Crippen molar-refractivity contribution in [2.75, 3.05) is 13.1 Å². The highest BCUT2D eigenvalue weighted by atomic mass is 16.5. The summed E-state index contributed by atoms with van der Waals surface area (Å²) in [6.45, 7) is 6.27. The van der Waals surface area contributed by atoms with Crippen molar-refractivity contribution < 1.29 is 18.8 Å². The average molecular weight is 488 g/mol. The molecule has 1 atom stereocenters. The lowest BCUT2D eigenvalue weighted by atomic mass is 9.89. The molecular formula is C28H29N3O5. The van der Waals surface area contributed by atoms with E-state index in [1.54, 1.807) is 30.0 Å². The Kier molecular flexibility index (Phi) is 6.22. The van der Waals surface area contributed by atoms with Crippen LogP contribution >= 0.6 is 0 Å². The summed E-state index contributed by atoms with van der Waals surface area (Å²) in [6, 6.07) is 14.4. The van der Waals surface area contributed by atoms with Gasteiger partial charge in [0.05, 0.1) is 29.5 Å². The lowest BCUT2D eigenvalue weighted by Crippen LogP contribution is -2.51. The minimum Gasteiger partial charge on any atom is -0.455 e. The number of aliphatic hydroxyl groups is 1. The molecule has 1 fully saturated rings. The Morgan fingerprint density at radius 1 is 1.17 bits per heavy atom. The number of aromatic nitrogens is 2. The van der Waals surface area contributed by atoms with Gasteiger partial charge in [0.1, 0.15) is 5.76 Å². The van der Waals surface area contributed by atoms with Crippen LogP contribution in [-0.2, 0) is 6.42 Å². The number of likely N-dealkylation sites (tertiary alicyclic amines) is 1. The van der Waals surface area contributed by atoms with Gasteiger partial charge in [-0.15, -0.1) is 0 Å². The maximum absolute atomic E-state index is 13.7. The summed E-state index contributed by atoms with van der Waals surface area (Å²) < 4.78 is 11.6. The number of carbonyl (C=O) groups excluding carboxylic acids is 1. The zero-order valence-corrected chi connectivity index (χ0v) is 20.7.